The highest BCUT2D eigenvalue weighted by Gasteiger charge is 2.23. The fourth-order valence-corrected chi connectivity index (χ4v) is 2.64. The lowest BCUT2D eigenvalue weighted by atomic mass is 10.1. The molecule has 23 heavy (non-hydrogen) atoms. The molecular formula is C17H36N4O2. The van der Waals surface area contributed by atoms with Crippen LogP contribution >= 0.6 is 0 Å². The van der Waals surface area contributed by atoms with E-state index in [9.17, 15) is 0 Å². The van der Waals surface area contributed by atoms with Crippen LogP contribution in [0.25, 0.3) is 0 Å². The molecule has 2 atom stereocenters. The number of ether oxygens (including phenoxy) is 2. The number of morpholine rings is 1. The Morgan fingerprint density at radius 2 is 2.09 bits per heavy atom. The third kappa shape index (κ3) is 8.53. The Bertz CT molecular complexity index is 337. The van der Waals surface area contributed by atoms with Crippen molar-refractivity contribution in [2.75, 3.05) is 53.1 Å². The van der Waals surface area contributed by atoms with Gasteiger partial charge in [0.2, 0.25) is 0 Å². The summed E-state index contributed by atoms with van der Waals surface area (Å²) in [4.78, 5) is 6.75. The van der Waals surface area contributed by atoms with Crippen LogP contribution in [0, 0.1) is 5.92 Å². The average molecular weight is 329 g/mol. The number of hydrogen-bond acceptors (Lipinski definition) is 4. The zero-order chi connectivity index (χ0) is 17.1. The van der Waals surface area contributed by atoms with E-state index in [1.165, 1.54) is 0 Å². The van der Waals surface area contributed by atoms with Gasteiger partial charge < -0.3 is 20.1 Å². The lowest BCUT2D eigenvalue weighted by Crippen LogP contribution is -2.53. The zero-order valence-electron chi connectivity index (χ0n) is 15.6. The molecule has 0 spiro atoms. The summed E-state index contributed by atoms with van der Waals surface area (Å²) in [5, 5.41) is 6.69. The first-order valence-corrected chi connectivity index (χ1v) is 8.90. The Morgan fingerprint density at radius 3 is 2.74 bits per heavy atom. The van der Waals surface area contributed by atoms with Crippen molar-refractivity contribution in [3.05, 3.63) is 0 Å². The second-order valence-corrected chi connectivity index (χ2v) is 6.69. The molecule has 1 fully saturated rings. The van der Waals surface area contributed by atoms with E-state index < -0.39 is 0 Å². The highest BCUT2D eigenvalue weighted by atomic mass is 16.5. The molecule has 0 aliphatic carbocycles. The first-order valence-electron chi connectivity index (χ1n) is 8.90. The molecule has 1 aliphatic heterocycles. The van der Waals surface area contributed by atoms with Crippen molar-refractivity contribution in [2.24, 2.45) is 10.9 Å². The summed E-state index contributed by atoms with van der Waals surface area (Å²) in [7, 11) is 1.80. The monoisotopic (exact) mass is 328 g/mol. The van der Waals surface area contributed by atoms with Crippen molar-refractivity contribution in [2.45, 2.75) is 46.2 Å². The van der Waals surface area contributed by atoms with Crippen LogP contribution < -0.4 is 10.6 Å². The third-order valence-corrected chi connectivity index (χ3v) is 4.15. The van der Waals surface area contributed by atoms with Gasteiger partial charge in [-0.15, -0.1) is 0 Å². The molecule has 6 heteroatoms. The molecule has 2 N–H and O–H groups in total. The second-order valence-electron chi connectivity index (χ2n) is 6.69. The Kier molecular flexibility index (Phi) is 10.2. The molecular weight excluding hydrogens is 292 g/mol. The van der Waals surface area contributed by atoms with Crippen LogP contribution in [-0.2, 0) is 9.47 Å². The average Bonchev–Trinajstić information content (AvgIpc) is 2.53. The quantitative estimate of drug-likeness (QED) is 0.380. The zero-order valence-corrected chi connectivity index (χ0v) is 15.6. The minimum atomic E-state index is 0.453. The van der Waals surface area contributed by atoms with E-state index in [1.807, 2.05) is 0 Å². The Morgan fingerprint density at radius 1 is 1.30 bits per heavy atom. The summed E-state index contributed by atoms with van der Waals surface area (Å²) < 4.78 is 11.1. The summed E-state index contributed by atoms with van der Waals surface area (Å²) in [6, 6.07) is 0.930. The Hall–Kier alpha value is -0.850. The highest BCUT2D eigenvalue weighted by Crippen LogP contribution is 2.09. The van der Waals surface area contributed by atoms with Gasteiger partial charge in [-0.2, -0.15) is 0 Å². The van der Waals surface area contributed by atoms with Crippen LogP contribution in [0.4, 0.5) is 0 Å². The second kappa shape index (κ2) is 11.6. The van der Waals surface area contributed by atoms with Crippen LogP contribution in [0.1, 0.15) is 34.1 Å². The fourth-order valence-electron chi connectivity index (χ4n) is 2.64. The first-order chi connectivity index (χ1) is 11.0. The van der Waals surface area contributed by atoms with Gasteiger partial charge in [-0.25, -0.2) is 0 Å². The van der Waals surface area contributed by atoms with Crippen LogP contribution in [-0.4, -0.2) is 76.1 Å². The van der Waals surface area contributed by atoms with Crippen molar-refractivity contribution in [3.63, 3.8) is 0 Å². The van der Waals surface area contributed by atoms with E-state index in [1.54, 1.807) is 7.05 Å². The Balaban J connectivity index is 2.15. The molecule has 0 aromatic heterocycles. The van der Waals surface area contributed by atoms with Crippen molar-refractivity contribution in [1.82, 2.24) is 15.5 Å². The minimum Gasteiger partial charge on any atom is -0.380 e. The van der Waals surface area contributed by atoms with Crippen LogP contribution in [0.2, 0.25) is 0 Å². The fraction of sp³-hybridized carbons (Fsp3) is 0.941. The van der Waals surface area contributed by atoms with Gasteiger partial charge >= 0.3 is 0 Å². The van der Waals surface area contributed by atoms with E-state index in [0.717, 1.165) is 51.8 Å². The van der Waals surface area contributed by atoms with Crippen molar-refractivity contribution in [1.29, 1.82) is 0 Å². The van der Waals surface area contributed by atoms with Crippen LogP contribution in [0.3, 0.4) is 0 Å². The maximum absolute atomic E-state index is 5.61. The highest BCUT2D eigenvalue weighted by molar-refractivity contribution is 5.79. The van der Waals surface area contributed by atoms with Crippen molar-refractivity contribution < 1.29 is 9.47 Å². The number of hydrogen-bond donors (Lipinski definition) is 2. The SMILES string of the molecule is CN=C(NCCOCCC(C)C)NCC(C)N1CCOCC1C. The normalized spacial score (nSPS) is 21.5. The lowest BCUT2D eigenvalue weighted by molar-refractivity contribution is -0.0174. The largest absolute Gasteiger partial charge is 0.380 e. The number of aliphatic imine (C=N–C) groups is 1. The first kappa shape index (κ1) is 20.2. The maximum atomic E-state index is 5.61. The molecule has 0 aromatic carbocycles. The molecule has 136 valence electrons. The van der Waals surface area contributed by atoms with Crippen molar-refractivity contribution >= 4 is 5.96 Å². The molecule has 2 unspecified atom stereocenters. The molecule has 0 amide bonds. The van der Waals surface area contributed by atoms with E-state index in [0.29, 0.717) is 24.6 Å². The Labute approximate surface area is 142 Å². The van der Waals surface area contributed by atoms with Gasteiger partial charge in [0.05, 0.1) is 19.8 Å². The van der Waals surface area contributed by atoms with Crippen LogP contribution in [0.15, 0.2) is 4.99 Å². The number of guanidine groups is 1. The lowest BCUT2D eigenvalue weighted by Gasteiger charge is -2.38. The summed E-state index contributed by atoms with van der Waals surface area (Å²) >= 11 is 0. The molecule has 0 bridgehead atoms. The summed E-state index contributed by atoms with van der Waals surface area (Å²) in [6.07, 6.45) is 1.11. The molecule has 0 saturated carbocycles. The summed E-state index contributed by atoms with van der Waals surface area (Å²) in [5.74, 6) is 1.53. The molecule has 1 saturated heterocycles. The van der Waals surface area contributed by atoms with Gasteiger partial charge in [0.1, 0.15) is 0 Å². The van der Waals surface area contributed by atoms with E-state index in [4.69, 9.17) is 9.47 Å². The van der Waals surface area contributed by atoms with Gasteiger partial charge in [-0.3, -0.25) is 9.89 Å². The van der Waals surface area contributed by atoms with E-state index in [-0.39, 0.29) is 0 Å². The topological polar surface area (TPSA) is 58.1 Å². The molecule has 0 aromatic rings. The van der Waals surface area contributed by atoms with Gasteiger partial charge in [0.25, 0.3) is 0 Å². The molecule has 1 aliphatic rings. The summed E-state index contributed by atoms with van der Waals surface area (Å²) in [6.45, 7) is 14.7. The third-order valence-electron chi connectivity index (χ3n) is 4.15. The van der Waals surface area contributed by atoms with Gasteiger partial charge in [0, 0.05) is 45.4 Å². The smallest absolute Gasteiger partial charge is 0.191 e. The maximum Gasteiger partial charge on any atom is 0.191 e. The molecule has 0 radical (unpaired) electrons. The number of rotatable bonds is 9. The predicted octanol–water partition coefficient (Wildman–Crippen LogP) is 1.32. The van der Waals surface area contributed by atoms with Gasteiger partial charge in [0.15, 0.2) is 5.96 Å². The van der Waals surface area contributed by atoms with E-state index in [2.05, 4.69) is 48.2 Å². The molecule has 1 rings (SSSR count). The number of nitrogens with zero attached hydrogens (tertiary/aromatic N) is 2. The van der Waals surface area contributed by atoms with Gasteiger partial charge in [-0.1, -0.05) is 13.8 Å². The molecule has 6 nitrogen and oxygen atoms in total. The summed E-state index contributed by atoms with van der Waals surface area (Å²) in [5.41, 5.74) is 0. The van der Waals surface area contributed by atoms with Crippen molar-refractivity contribution in [3.8, 4) is 0 Å². The van der Waals surface area contributed by atoms with Gasteiger partial charge in [-0.05, 0) is 26.2 Å². The minimum absolute atomic E-state index is 0.453. The van der Waals surface area contributed by atoms with Crippen LogP contribution in [0.5, 0.6) is 0 Å². The van der Waals surface area contributed by atoms with E-state index >= 15 is 0 Å². The number of nitrogens with one attached hydrogen (secondary N) is 2. The standard InChI is InChI=1S/C17H36N4O2/c1-14(2)6-9-22-10-7-19-17(18-5)20-12-15(3)21-8-11-23-13-16(21)4/h14-16H,6-13H2,1-5H3,(H2,18,19,20). The molecule has 1 heterocycles. The predicted molar refractivity (Wildman–Crippen MR) is 96.1 cm³/mol.